The first-order chi connectivity index (χ1) is 16.5. The van der Waals surface area contributed by atoms with Crippen molar-refractivity contribution in [1.82, 2.24) is 9.97 Å². The van der Waals surface area contributed by atoms with E-state index in [1.54, 1.807) is 24.4 Å². The largest absolute Gasteiger partial charge is 0.454 e. The van der Waals surface area contributed by atoms with Crippen LogP contribution in [0.2, 0.25) is 0 Å². The summed E-state index contributed by atoms with van der Waals surface area (Å²) < 4.78 is 47.7. The predicted molar refractivity (Wildman–Crippen MR) is 122 cm³/mol. The molecule has 1 aromatic heterocycles. The number of ether oxygens (including phenoxy) is 1. The second-order valence-corrected chi connectivity index (χ2v) is 7.91. The first kappa shape index (κ1) is 21.7. The first-order valence-corrected chi connectivity index (χ1v) is 10.7. The summed E-state index contributed by atoms with van der Waals surface area (Å²) in [6.45, 7) is 1.82. The second-order valence-electron chi connectivity index (χ2n) is 7.91. The Morgan fingerprint density at radius 2 is 1.79 bits per heavy atom. The van der Waals surface area contributed by atoms with Gasteiger partial charge in [0.2, 0.25) is 5.82 Å². The van der Waals surface area contributed by atoms with Gasteiger partial charge in [-0.3, -0.25) is 9.78 Å². The van der Waals surface area contributed by atoms with Gasteiger partial charge in [-0.1, -0.05) is 6.07 Å². The van der Waals surface area contributed by atoms with Crippen molar-refractivity contribution in [3.8, 4) is 11.5 Å². The fraction of sp³-hybridized carbons (Fsp3) is 0.160. The number of carbonyl (C=O) groups is 1. The summed E-state index contributed by atoms with van der Waals surface area (Å²) in [5.41, 5.74) is 1.19. The van der Waals surface area contributed by atoms with Crippen LogP contribution in [0.15, 0.2) is 60.8 Å². The van der Waals surface area contributed by atoms with Crippen molar-refractivity contribution in [3.63, 3.8) is 0 Å². The number of hydrogen-bond donors (Lipinski definition) is 1. The molecule has 0 unspecified atom stereocenters. The van der Waals surface area contributed by atoms with Crippen LogP contribution < -0.4 is 15.0 Å². The number of anilines is 2. The predicted octanol–water partition coefficient (Wildman–Crippen LogP) is 5.69. The Bertz CT molecular complexity index is 1390. The van der Waals surface area contributed by atoms with Crippen LogP contribution >= 0.6 is 0 Å². The molecule has 1 saturated heterocycles. The minimum atomic E-state index is -1.21. The van der Waals surface area contributed by atoms with Gasteiger partial charge in [0.05, 0.1) is 17.2 Å². The molecule has 0 bridgehead atoms. The van der Waals surface area contributed by atoms with Crippen molar-refractivity contribution in [2.45, 2.75) is 12.8 Å². The van der Waals surface area contributed by atoms with Crippen molar-refractivity contribution in [1.29, 1.82) is 0 Å². The number of carbonyl (C=O) groups excluding carboxylic acids is 1. The molecule has 0 saturated carbocycles. The molecule has 5 rings (SSSR count). The topological polar surface area (TPSA) is 67.3 Å². The normalized spacial score (nSPS) is 13.3. The lowest BCUT2D eigenvalue weighted by atomic mass is 10.2. The molecule has 1 aliphatic heterocycles. The van der Waals surface area contributed by atoms with Gasteiger partial charge in [-0.25, -0.2) is 13.8 Å². The highest BCUT2D eigenvalue weighted by molar-refractivity contribution is 6.04. The third-order valence-corrected chi connectivity index (χ3v) is 5.50. The summed E-state index contributed by atoms with van der Waals surface area (Å²) in [7, 11) is 0. The van der Waals surface area contributed by atoms with Gasteiger partial charge in [-0.15, -0.1) is 0 Å². The smallest absolute Gasteiger partial charge is 0.255 e. The number of nitrogens with one attached hydrogen (secondary N) is 1. The number of halogens is 3. The lowest BCUT2D eigenvalue weighted by Gasteiger charge is -2.16. The van der Waals surface area contributed by atoms with Gasteiger partial charge in [0.1, 0.15) is 17.4 Å². The van der Waals surface area contributed by atoms with Crippen LogP contribution in [0.25, 0.3) is 11.0 Å². The molecule has 0 spiro atoms. The summed E-state index contributed by atoms with van der Waals surface area (Å²) in [4.78, 5) is 23.5. The molecule has 3 aromatic carbocycles. The number of rotatable bonds is 5. The van der Waals surface area contributed by atoms with E-state index in [1.165, 1.54) is 18.2 Å². The van der Waals surface area contributed by atoms with E-state index in [0.717, 1.165) is 49.9 Å². The lowest BCUT2D eigenvalue weighted by Crippen LogP contribution is -2.19. The van der Waals surface area contributed by atoms with E-state index in [0.29, 0.717) is 11.0 Å². The molecule has 34 heavy (non-hydrogen) atoms. The van der Waals surface area contributed by atoms with E-state index in [1.807, 2.05) is 0 Å². The number of nitrogens with zero attached hydrogens (tertiary/aromatic N) is 3. The van der Waals surface area contributed by atoms with Gasteiger partial charge in [-0.05, 0) is 43.2 Å². The highest BCUT2D eigenvalue weighted by Crippen LogP contribution is 2.31. The molecule has 1 N–H and O–H groups in total. The van der Waals surface area contributed by atoms with Crippen molar-refractivity contribution in [2.24, 2.45) is 0 Å². The van der Waals surface area contributed by atoms with E-state index < -0.39 is 29.1 Å². The highest BCUT2D eigenvalue weighted by atomic mass is 19.2. The SMILES string of the molecule is O=C(Nc1cc(F)c(F)c(Oc2ccc3ncc(N4CCCC4)nc3c2)c1)c1cccc(F)c1. The maximum Gasteiger partial charge on any atom is 0.255 e. The Morgan fingerprint density at radius 3 is 2.59 bits per heavy atom. The van der Waals surface area contributed by atoms with Crippen molar-refractivity contribution < 1.29 is 22.7 Å². The maximum absolute atomic E-state index is 14.5. The fourth-order valence-electron chi connectivity index (χ4n) is 3.81. The van der Waals surface area contributed by atoms with Crippen LogP contribution in [-0.2, 0) is 0 Å². The van der Waals surface area contributed by atoms with Gasteiger partial charge in [-0.2, -0.15) is 4.39 Å². The van der Waals surface area contributed by atoms with Crippen LogP contribution in [0, 0.1) is 17.5 Å². The molecule has 172 valence electrons. The summed E-state index contributed by atoms with van der Waals surface area (Å²) in [6, 6.07) is 11.8. The van der Waals surface area contributed by atoms with E-state index in [2.05, 4.69) is 20.2 Å². The Hall–Kier alpha value is -4.14. The molecule has 1 amide bonds. The van der Waals surface area contributed by atoms with Crippen LogP contribution in [0.5, 0.6) is 11.5 Å². The van der Waals surface area contributed by atoms with Crippen molar-refractivity contribution in [2.75, 3.05) is 23.3 Å². The zero-order valence-corrected chi connectivity index (χ0v) is 17.9. The molecule has 0 aliphatic carbocycles. The molecule has 6 nitrogen and oxygen atoms in total. The Morgan fingerprint density at radius 1 is 0.971 bits per heavy atom. The number of fused-ring (bicyclic) bond motifs is 1. The number of hydrogen-bond acceptors (Lipinski definition) is 5. The summed E-state index contributed by atoms with van der Waals surface area (Å²) >= 11 is 0. The van der Waals surface area contributed by atoms with E-state index in [-0.39, 0.29) is 17.0 Å². The molecule has 9 heteroatoms. The number of benzene rings is 3. The molecule has 1 fully saturated rings. The summed E-state index contributed by atoms with van der Waals surface area (Å²) in [5.74, 6) is -3.11. The first-order valence-electron chi connectivity index (χ1n) is 10.7. The molecule has 1 aliphatic rings. The minimum Gasteiger partial charge on any atom is -0.454 e. The summed E-state index contributed by atoms with van der Waals surface area (Å²) in [6.07, 6.45) is 3.91. The number of aromatic nitrogens is 2. The van der Waals surface area contributed by atoms with Gasteiger partial charge < -0.3 is 15.0 Å². The van der Waals surface area contributed by atoms with Gasteiger partial charge in [0.15, 0.2) is 11.6 Å². The highest BCUT2D eigenvalue weighted by Gasteiger charge is 2.17. The molecule has 0 radical (unpaired) electrons. The molecular weight excluding hydrogens is 445 g/mol. The molecule has 4 aromatic rings. The molecule has 0 atom stereocenters. The maximum atomic E-state index is 14.5. The lowest BCUT2D eigenvalue weighted by molar-refractivity contribution is 0.102. The zero-order valence-electron chi connectivity index (χ0n) is 17.9. The average Bonchev–Trinajstić information content (AvgIpc) is 3.37. The second kappa shape index (κ2) is 9.01. The molecule has 2 heterocycles. The van der Waals surface area contributed by atoms with Crippen LogP contribution in [0.3, 0.4) is 0 Å². The fourth-order valence-corrected chi connectivity index (χ4v) is 3.81. The zero-order chi connectivity index (χ0) is 23.7. The third kappa shape index (κ3) is 4.50. The van der Waals surface area contributed by atoms with E-state index in [4.69, 9.17) is 4.74 Å². The van der Waals surface area contributed by atoms with Crippen molar-refractivity contribution in [3.05, 3.63) is 83.8 Å². The van der Waals surface area contributed by atoms with Gasteiger partial charge in [0, 0.05) is 42.5 Å². The Kier molecular flexibility index (Phi) is 5.75. The Labute approximate surface area is 193 Å². The van der Waals surface area contributed by atoms with E-state index in [9.17, 15) is 18.0 Å². The van der Waals surface area contributed by atoms with Crippen LogP contribution in [0.4, 0.5) is 24.7 Å². The average molecular weight is 464 g/mol. The quantitative estimate of drug-likeness (QED) is 0.411. The van der Waals surface area contributed by atoms with Crippen LogP contribution in [0.1, 0.15) is 23.2 Å². The van der Waals surface area contributed by atoms with Crippen LogP contribution in [-0.4, -0.2) is 29.0 Å². The number of amides is 1. The van der Waals surface area contributed by atoms with Crippen molar-refractivity contribution >= 4 is 28.4 Å². The third-order valence-electron chi connectivity index (χ3n) is 5.50. The van der Waals surface area contributed by atoms with E-state index >= 15 is 0 Å². The standard InChI is InChI=1S/C25H19F3N4O2/c26-16-5-3-4-15(10-16)25(33)30-17-11-19(27)24(28)22(12-17)34-18-6-7-20-21(13-18)31-23(14-29-20)32-8-1-2-9-32/h3-7,10-14H,1-2,8-9H2,(H,30,33). The monoisotopic (exact) mass is 464 g/mol. The molecular formula is C25H19F3N4O2. The Balaban J connectivity index is 1.41. The minimum absolute atomic E-state index is 0.0362. The summed E-state index contributed by atoms with van der Waals surface area (Å²) in [5, 5.41) is 2.43. The van der Waals surface area contributed by atoms with Gasteiger partial charge in [0.25, 0.3) is 5.91 Å². The van der Waals surface area contributed by atoms with Gasteiger partial charge >= 0.3 is 0 Å².